The molecule has 2 aliphatic carbocycles. The minimum absolute atomic E-state index is 0.0681. The van der Waals surface area contributed by atoms with Gasteiger partial charge in [0, 0.05) is 44.7 Å². The molecule has 11 rings (SSSR count). The van der Waals surface area contributed by atoms with Gasteiger partial charge in [-0.1, -0.05) is 155 Å². The Morgan fingerprint density at radius 1 is 0.357 bits per heavy atom. The topological polar surface area (TPSA) is 16.4 Å². The molecule has 0 saturated heterocycles. The second-order valence-electron chi connectivity index (χ2n) is 16.5. The van der Waals surface area contributed by atoms with Crippen molar-refractivity contribution in [3.63, 3.8) is 0 Å². The van der Waals surface area contributed by atoms with Gasteiger partial charge in [-0.15, -0.1) is 0 Å². The van der Waals surface area contributed by atoms with Crippen LogP contribution >= 0.6 is 0 Å². The third-order valence-corrected chi connectivity index (χ3v) is 12.7. The molecule has 0 spiro atoms. The molecule has 0 aliphatic heterocycles. The quantitative estimate of drug-likeness (QED) is 0.176. The van der Waals surface area contributed by atoms with Gasteiger partial charge < -0.3 is 9.32 Å². The predicted molar refractivity (Wildman–Crippen MR) is 234 cm³/mol. The Morgan fingerprint density at radius 3 is 1.39 bits per heavy atom. The zero-order chi connectivity index (χ0) is 37.8. The van der Waals surface area contributed by atoms with Crippen LogP contribution < -0.4 is 4.90 Å². The van der Waals surface area contributed by atoms with Gasteiger partial charge in [0.2, 0.25) is 0 Å². The molecule has 2 heteroatoms. The van der Waals surface area contributed by atoms with Crippen molar-refractivity contribution in [3.8, 4) is 44.5 Å². The normalized spacial score (nSPS) is 14.4. The van der Waals surface area contributed by atoms with E-state index in [0.29, 0.717) is 0 Å². The molecule has 2 aliphatic rings. The van der Waals surface area contributed by atoms with E-state index in [4.69, 9.17) is 4.42 Å². The van der Waals surface area contributed by atoms with Crippen molar-refractivity contribution in [2.24, 2.45) is 0 Å². The fraction of sp³-hybridized carbons (Fsp3) is 0.111. The molecule has 0 unspecified atom stereocenters. The van der Waals surface area contributed by atoms with E-state index < -0.39 is 0 Å². The van der Waals surface area contributed by atoms with E-state index in [2.05, 4.69) is 202 Å². The SMILES string of the molecule is CC1(C)c2ccccc2-c2c(-c3cccc(N(c4cccc(-c5cccc6c5-c5ccccc5C6(C)C)c4)c4ccc5c(c4)oc4ccccc45)c3)cccc21. The Kier molecular flexibility index (Phi) is 6.98. The number of rotatable bonds is 5. The maximum absolute atomic E-state index is 6.48. The van der Waals surface area contributed by atoms with Crippen molar-refractivity contribution in [1.82, 2.24) is 0 Å². The molecule has 0 N–H and O–H groups in total. The average Bonchev–Trinajstić information content (AvgIpc) is 3.81. The van der Waals surface area contributed by atoms with E-state index in [-0.39, 0.29) is 10.8 Å². The Balaban J connectivity index is 1.11. The number of nitrogens with zero attached hydrogens (tertiary/aromatic N) is 1. The smallest absolute Gasteiger partial charge is 0.137 e. The zero-order valence-corrected chi connectivity index (χ0v) is 32.1. The summed E-state index contributed by atoms with van der Waals surface area (Å²) >= 11 is 0. The molecule has 268 valence electrons. The zero-order valence-electron chi connectivity index (χ0n) is 32.1. The molecule has 0 atom stereocenters. The first-order valence-corrected chi connectivity index (χ1v) is 19.7. The molecule has 1 heterocycles. The number of para-hydroxylation sites is 1. The van der Waals surface area contributed by atoms with Crippen LogP contribution in [0.3, 0.4) is 0 Å². The first-order valence-electron chi connectivity index (χ1n) is 19.7. The van der Waals surface area contributed by atoms with Gasteiger partial charge in [-0.05, 0) is 109 Å². The summed E-state index contributed by atoms with van der Waals surface area (Å²) in [6.07, 6.45) is 0. The van der Waals surface area contributed by atoms with Gasteiger partial charge in [-0.25, -0.2) is 0 Å². The summed E-state index contributed by atoms with van der Waals surface area (Å²) in [5.41, 5.74) is 20.6. The van der Waals surface area contributed by atoms with E-state index in [0.717, 1.165) is 39.0 Å². The van der Waals surface area contributed by atoms with Gasteiger partial charge in [0.15, 0.2) is 0 Å². The number of anilines is 3. The molecular weight excluding hydrogens is 679 g/mol. The predicted octanol–water partition coefficient (Wildman–Crippen LogP) is 15.0. The number of hydrogen-bond acceptors (Lipinski definition) is 2. The lowest BCUT2D eigenvalue weighted by molar-refractivity contribution is 0.660. The summed E-state index contributed by atoms with van der Waals surface area (Å²) in [7, 11) is 0. The van der Waals surface area contributed by atoms with E-state index in [1.54, 1.807) is 0 Å². The first kappa shape index (κ1) is 32.8. The lowest BCUT2D eigenvalue weighted by atomic mass is 9.82. The minimum atomic E-state index is -0.0681. The van der Waals surface area contributed by atoms with Crippen LogP contribution in [0, 0.1) is 0 Å². The number of hydrogen-bond donors (Lipinski definition) is 0. The van der Waals surface area contributed by atoms with Crippen LogP contribution in [0.5, 0.6) is 0 Å². The van der Waals surface area contributed by atoms with Gasteiger partial charge in [0.25, 0.3) is 0 Å². The monoisotopic (exact) mass is 719 g/mol. The van der Waals surface area contributed by atoms with Gasteiger partial charge in [0.1, 0.15) is 11.2 Å². The van der Waals surface area contributed by atoms with E-state index in [1.165, 1.54) is 66.8 Å². The van der Waals surface area contributed by atoms with Crippen LogP contribution in [0.15, 0.2) is 180 Å². The van der Waals surface area contributed by atoms with Crippen LogP contribution in [0.4, 0.5) is 17.1 Å². The van der Waals surface area contributed by atoms with Gasteiger partial charge in [0.05, 0.1) is 0 Å². The van der Waals surface area contributed by atoms with Crippen LogP contribution in [-0.2, 0) is 10.8 Å². The van der Waals surface area contributed by atoms with Crippen molar-refractivity contribution in [1.29, 1.82) is 0 Å². The van der Waals surface area contributed by atoms with Crippen molar-refractivity contribution < 1.29 is 4.42 Å². The molecule has 0 amide bonds. The number of furan rings is 1. The summed E-state index contributed by atoms with van der Waals surface area (Å²) in [6.45, 7) is 9.40. The van der Waals surface area contributed by atoms with Crippen molar-refractivity contribution >= 4 is 39.0 Å². The van der Waals surface area contributed by atoms with E-state index in [9.17, 15) is 0 Å². The highest BCUT2D eigenvalue weighted by Gasteiger charge is 2.38. The summed E-state index contributed by atoms with van der Waals surface area (Å²) in [4.78, 5) is 2.39. The molecule has 0 fully saturated rings. The molecule has 0 bridgehead atoms. The molecule has 56 heavy (non-hydrogen) atoms. The Bertz CT molecular complexity index is 2900. The molecule has 0 saturated carbocycles. The fourth-order valence-corrected chi connectivity index (χ4v) is 9.92. The van der Waals surface area contributed by atoms with Crippen LogP contribution in [0.1, 0.15) is 49.9 Å². The summed E-state index contributed by atoms with van der Waals surface area (Å²) in [5.74, 6) is 0. The third-order valence-electron chi connectivity index (χ3n) is 12.7. The molecular formula is C54H41NO. The van der Waals surface area contributed by atoms with Crippen molar-refractivity contribution in [3.05, 3.63) is 198 Å². The molecule has 9 aromatic rings. The lowest BCUT2D eigenvalue weighted by Gasteiger charge is -2.27. The largest absolute Gasteiger partial charge is 0.456 e. The van der Waals surface area contributed by atoms with Gasteiger partial charge >= 0.3 is 0 Å². The summed E-state index contributed by atoms with van der Waals surface area (Å²) in [5, 5.41) is 2.25. The number of fused-ring (bicyclic) bond motifs is 9. The van der Waals surface area contributed by atoms with Crippen molar-refractivity contribution in [2.75, 3.05) is 4.90 Å². The standard InChI is InChI=1S/C54H41NO/c1-53(2)45-24-8-5-20-43(45)51-39(22-13-26-47(51)53)34-15-11-17-36(31-34)55(38-29-30-42-41-19-7-10-28-49(41)56-50(42)33-38)37-18-12-16-35(32-37)40-23-14-27-48-52(40)44-21-6-9-25-46(44)54(48,3)4/h5-33H,1-4H3. The maximum atomic E-state index is 6.48. The highest BCUT2D eigenvalue weighted by atomic mass is 16.3. The first-order chi connectivity index (χ1) is 27.3. The second-order valence-corrected chi connectivity index (χ2v) is 16.5. The van der Waals surface area contributed by atoms with Crippen LogP contribution in [0.25, 0.3) is 66.4 Å². The molecule has 2 nitrogen and oxygen atoms in total. The molecule has 0 radical (unpaired) electrons. The van der Waals surface area contributed by atoms with E-state index in [1.807, 2.05) is 6.07 Å². The molecule has 1 aromatic heterocycles. The maximum Gasteiger partial charge on any atom is 0.137 e. The van der Waals surface area contributed by atoms with Crippen LogP contribution in [0.2, 0.25) is 0 Å². The number of benzene rings is 8. The van der Waals surface area contributed by atoms with Crippen LogP contribution in [-0.4, -0.2) is 0 Å². The minimum Gasteiger partial charge on any atom is -0.456 e. The lowest BCUT2D eigenvalue weighted by Crippen LogP contribution is -2.14. The average molecular weight is 720 g/mol. The summed E-state index contributed by atoms with van der Waals surface area (Å²) < 4.78 is 6.48. The Hall–Kier alpha value is -6.64. The Morgan fingerprint density at radius 2 is 0.804 bits per heavy atom. The van der Waals surface area contributed by atoms with Crippen molar-refractivity contribution in [2.45, 2.75) is 38.5 Å². The van der Waals surface area contributed by atoms with Gasteiger partial charge in [-0.2, -0.15) is 0 Å². The molecule has 8 aromatic carbocycles. The van der Waals surface area contributed by atoms with E-state index >= 15 is 0 Å². The highest BCUT2D eigenvalue weighted by Crippen LogP contribution is 2.54. The summed E-state index contributed by atoms with van der Waals surface area (Å²) in [6, 6.07) is 64.5. The Labute approximate surface area is 328 Å². The second kappa shape index (κ2) is 11.9. The fourth-order valence-electron chi connectivity index (χ4n) is 9.92. The third kappa shape index (κ3) is 4.69. The highest BCUT2D eigenvalue weighted by molar-refractivity contribution is 6.06. The van der Waals surface area contributed by atoms with Gasteiger partial charge in [-0.3, -0.25) is 0 Å².